The van der Waals surface area contributed by atoms with Gasteiger partial charge in [0.25, 0.3) is 0 Å². The quantitative estimate of drug-likeness (QED) is 0.150. The van der Waals surface area contributed by atoms with Crippen molar-refractivity contribution in [1.82, 2.24) is 15.6 Å². The molecule has 6 nitrogen and oxygen atoms in total. The molecule has 0 saturated carbocycles. The summed E-state index contributed by atoms with van der Waals surface area (Å²) >= 11 is 5.83. The van der Waals surface area contributed by atoms with E-state index in [1.807, 2.05) is 43.3 Å². The molecule has 8 heteroatoms. The molecule has 2 rings (SSSR count). The number of aliphatic imine (C=N–C) groups is 1. The van der Waals surface area contributed by atoms with Gasteiger partial charge in [-0.2, -0.15) is 0 Å². The number of hydrogen-bond donors (Lipinski definition) is 2. The van der Waals surface area contributed by atoms with Crippen LogP contribution in [-0.4, -0.2) is 44.4 Å². The van der Waals surface area contributed by atoms with E-state index in [4.69, 9.17) is 21.1 Å². The van der Waals surface area contributed by atoms with Crippen LogP contribution in [0.5, 0.6) is 5.75 Å². The van der Waals surface area contributed by atoms with Gasteiger partial charge in [0.2, 0.25) is 0 Å². The number of nitrogens with one attached hydrogen (secondary N) is 2. The van der Waals surface area contributed by atoms with Crippen LogP contribution in [0.4, 0.5) is 0 Å². The summed E-state index contributed by atoms with van der Waals surface area (Å²) in [7, 11) is 1.66. The Balaban J connectivity index is 0.00000420. The number of halogens is 2. The Labute approximate surface area is 195 Å². The van der Waals surface area contributed by atoms with Gasteiger partial charge in [0.1, 0.15) is 10.9 Å². The highest BCUT2D eigenvalue weighted by Crippen LogP contribution is 2.11. The van der Waals surface area contributed by atoms with Crippen LogP contribution in [0.15, 0.2) is 47.6 Å². The fraction of sp³-hybridized carbons (Fsp3) is 0.429. The van der Waals surface area contributed by atoms with Crippen LogP contribution in [0.2, 0.25) is 5.15 Å². The molecule has 0 bridgehead atoms. The number of ether oxygens (including phenoxy) is 2. The van der Waals surface area contributed by atoms with Crippen molar-refractivity contribution >= 4 is 41.5 Å². The lowest BCUT2D eigenvalue weighted by molar-refractivity contribution is 0.145. The van der Waals surface area contributed by atoms with Crippen LogP contribution >= 0.6 is 35.6 Å². The molecule has 160 valence electrons. The van der Waals surface area contributed by atoms with E-state index in [9.17, 15) is 0 Å². The van der Waals surface area contributed by atoms with Gasteiger partial charge in [-0.1, -0.05) is 29.8 Å². The van der Waals surface area contributed by atoms with E-state index in [-0.39, 0.29) is 24.0 Å². The highest BCUT2D eigenvalue weighted by Gasteiger charge is 2.01. The summed E-state index contributed by atoms with van der Waals surface area (Å²) in [5.41, 5.74) is 2.25. The Hall–Kier alpha value is -1.58. The Kier molecular flexibility index (Phi) is 13.4. The predicted molar refractivity (Wildman–Crippen MR) is 130 cm³/mol. The number of nitrogens with zero attached hydrogens (tertiary/aromatic N) is 2. The summed E-state index contributed by atoms with van der Waals surface area (Å²) in [5.74, 6) is 1.63. The van der Waals surface area contributed by atoms with Gasteiger partial charge < -0.3 is 20.1 Å². The van der Waals surface area contributed by atoms with Gasteiger partial charge in [-0.3, -0.25) is 0 Å². The molecule has 0 unspecified atom stereocenters. The zero-order valence-electron chi connectivity index (χ0n) is 17.0. The molecule has 0 amide bonds. The van der Waals surface area contributed by atoms with Crippen molar-refractivity contribution in [3.63, 3.8) is 0 Å². The van der Waals surface area contributed by atoms with Gasteiger partial charge in [-0.25, -0.2) is 9.98 Å². The minimum Gasteiger partial charge on any atom is -0.497 e. The van der Waals surface area contributed by atoms with Crippen molar-refractivity contribution < 1.29 is 9.47 Å². The Bertz CT molecular complexity index is 712. The standard InChI is InChI=1S/C21H29ClN4O2.HI/c1-3-28-14-4-12-23-21(24-13-11-18-7-10-20(22)25-15-18)26-16-17-5-8-19(27-2)9-6-17;/h5-10,15H,3-4,11-14,16H2,1-2H3,(H2,23,24,26);1H. The summed E-state index contributed by atoms with van der Waals surface area (Å²) in [6, 6.07) is 11.7. The third kappa shape index (κ3) is 10.7. The molecular formula is C21H30ClIN4O2. The van der Waals surface area contributed by atoms with Gasteiger partial charge in [0, 0.05) is 32.5 Å². The molecule has 2 N–H and O–H groups in total. The Morgan fingerprint density at radius 2 is 1.79 bits per heavy atom. The van der Waals surface area contributed by atoms with Crippen molar-refractivity contribution in [2.24, 2.45) is 4.99 Å². The molecule has 2 aromatic rings. The molecule has 0 aliphatic rings. The number of pyridine rings is 1. The first-order valence-corrected chi connectivity index (χ1v) is 9.92. The van der Waals surface area contributed by atoms with Crippen molar-refractivity contribution in [3.8, 4) is 5.75 Å². The first-order chi connectivity index (χ1) is 13.7. The van der Waals surface area contributed by atoms with Crippen LogP contribution in [0, 0.1) is 0 Å². The molecule has 0 saturated heterocycles. The lowest BCUT2D eigenvalue weighted by atomic mass is 10.2. The molecule has 1 heterocycles. The van der Waals surface area contributed by atoms with E-state index >= 15 is 0 Å². The number of methoxy groups -OCH3 is 1. The first kappa shape index (κ1) is 25.5. The maximum Gasteiger partial charge on any atom is 0.191 e. The lowest BCUT2D eigenvalue weighted by Crippen LogP contribution is -2.39. The first-order valence-electron chi connectivity index (χ1n) is 9.54. The van der Waals surface area contributed by atoms with E-state index in [1.165, 1.54) is 0 Å². The Morgan fingerprint density at radius 3 is 2.45 bits per heavy atom. The second-order valence-corrected chi connectivity index (χ2v) is 6.54. The number of hydrogen-bond acceptors (Lipinski definition) is 4. The molecule has 0 aliphatic carbocycles. The van der Waals surface area contributed by atoms with E-state index in [1.54, 1.807) is 13.3 Å². The molecule has 0 spiro atoms. The maximum atomic E-state index is 5.83. The van der Waals surface area contributed by atoms with Crippen LogP contribution in [0.3, 0.4) is 0 Å². The topological polar surface area (TPSA) is 67.8 Å². The normalized spacial score (nSPS) is 10.9. The minimum atomic E-state index is 0. The largest absolute Gasteiger partial charge is 0.497 e. The van der Waals surface area contributed by atoms with Crippen molar-refractivity contribution in [2.75, 3.05) is 33.4 Å². The summed E-state index contributed by atoms with van der Waals surface area (Å²) < 4.78 is 10.6. The SMILES string of the molecule is CCOCCCNC(=NCc1ccc(OC)cc1)NCCc1ccc(Cl)nc1.I. The average molecular weight is 533 g/mol. The number of guanidine groups is 1. The number of benzene rings is 1. The van der Waals surface area contributed by atoms with E-state index in [0.29, 0.717) is 11.7 Å². The summed E-state index contributed by atoms with van der Waals surface area (Å²) in [6.07, 6.45) is 3.57. The van der Waals surface area contributed by atoms with Crippen LogP contribution in [0.1, 0.15) is 24.5 Å². The smallest absolute Gasteiger partial charge is 0.191 e. The van der Waals surface area contributed by atoms with E-state index < -0.39 is 0 Å². The van der Waals surface area contributed by atoms with Gasteiger partial charge in [0.15, 0.2) is 5.96 Å². The van der Waals surface area contributed by atoms with Crippen molar-refractivity contribution in [1.29, 1.82) is 0 Å². The average Bonchev–Trinajstić information content (AvgIpc) is 2.73. The third-order valence-electron chi connectivity index (χ3n) is 4.04. The zero-order chi connectivity index (χ0) is 20.0. The summed E-state index contributed by atoms with van der Waals surface area (Å²) in [5, 5.41) is 7.25. The van der Waals surface area contributed by atoms with Crippen LogP contribution in [0.25, 0.3) is 0 Å². The van der Waals surface area contributed by atoms with Crippen molar-refractivity contribution in [3.05, 3.63) is 58.9 Å². The third-order valence-corrected chi connectivity index (χ3v) is 4.26. The Morgan fingerprint density at radius 1 is 1.07 bits per heavy atom. The lowest BCUT2D eigenvalue weighted by Gasteiger charge is -2.13. The molecule has 0 aliphatic heterocycles. The van der Waals surface area contributed by atoms with Gasteiger partial charge >= 0.3 is 0 Å². The van der Waals surface area contributed by atoms with Crippen molar-refractivity contribution in [2.45, 2.75) is 26.3 Å². The number of rotatable bonds is 11. The molecule has 0 fully saturated rings. The predicted octanol–water partition coefficient (Wildman–Crippen LogP) is 4.07. The molecule has 29 heavy (non-hydrogen) atoms. The van der Waals surface area contributed by atoms with E-state index in [0.717, 1.165) is 62.0 Å². The van der Waals surface area contributed by atoms with E-state index in [2.05, 4.69) is 20.6 Å². The van der Waals surface area contributed by atoms with Gasteiger partial charge in [-0.05, 0) is 49.1 Å². The minimum absolute atomic E-state index is 0. The zero-order valence-corrected chi connectivity index (χ0v) is 20.1. The second-order valence-electron chi connectivity index (χ2n) is 6.16. The number of aromatic nitrogens is 1. The molecule has 0 atom stereocenters. The summed E-state index contributed by atoms with van der Waals surface area (Å²) in [4.78, 5) is 8.80. The molecule has 0 radical (unpaired) electrons. The van der Waals surface area contributed by atoms with Crippen LogP contribution < -0.4 is 15.4 Å². The second kappa shape index (κ2) is 15.3. The highest BCUT2D eigenvalue weighted by atomic mass is 127. The fourth-order valence-electron chi connectivity index (χ4n) is 2.48. The molecular weight excluding hydrogens is 503 g/mol. The van der Waals surface area contributed by atoms with Gasteiger partial charge in [0.05, 0.1) is 13.7 Å². The van der Waals surface area contributed by atoms with Gasteiger partial charge in [-0.15, -0.1) is 24.0 Å². The van der Waals surface area contributed by atoms with Crippen LogP contribution in [-0.2, 0) is 17.7 Å². The summed E-state index contributed by atoms with van der Waals surface area (Å²) in [6.45, 7) is 5.63. The fourth-order valence-corrected chi connectivity index (χ4v) is 2.59. The maximum absolute atomic E-state index is 5.83. The monoisotopic (exact) mass is 532 g/mol. The highest BCUT2D eigenvalue weighted by molar-refractivity contribution is 14.0. The molecule has 1 aromatic carbocycles. The molecule has 1 aromatic heterocycles.